The molecule has 0 amide bonds. The van der Waals surface area contributed by atoms with Crippen LogP contribution in [0.25, 0.3) is 0 Å². The lowest BCUT2D eigenvalue weighted by Gasteiger charge is -1.98. The Labute approximate surface area is 83.6 Å². The van der Waals surface area contributed by atoms with Gasteiger partial charge in [-0.25, -0.2) is 0 Å². The molecule has 0 aliphatic heterocycles. The number of rotatable bonds is 3. The van der Waals surface area contributed by atoms with Crippen molar-refractivity contribution in [1.82, 2.24) is 0 Å². The predicted molar refractivity (Wildman–Crippen MR) is 46.9 cm³/mol. The predicted octanol–water partition coefficient (Wildman–Crippen LogP) is 0.0113. The number of thiophene rings is 1. The summed E-state index contributed by atoms with van der Waals surface area (Å²) in [5, 5.41) is 9.81. The zero-order valence-corrected chi connectivity index (χ0v) is 8.26. The van der Waals surface area contributed by atoms with E-state index in [1.54, 1.807) is 6.07 Å². The number of carbonyl (C=O) groups excluding carboxylic acids is 1. The molecule has 1 aromatic heterocycles. The van der Waals surface area contributed by atoms with Crippen molar-refractivity contribution in [3.05, 3.63) is 15.8 Å². The summed E-state index contributed by atoms with van der Waals surface area (Å²) in [6, 6.07) is 1.63. The number of nitrogens with zero attached hydrogens (tertiary/aromatic N) is 1. The van der Waals surface area contributed by atoms with E-state index in [1.165, 1.54) is 5.38 Å². The normalized spacial score (nSPS) is 10.9. The molecule has 8 heteroatoms. The van der Waals surface area contributed by atoms with Crippen LogP contribution in [0.1, 0.15) is 15.2 Å². The van der Waals surface area contributed by atoms with Gasteiger partial charge in [0.15, 0.2) is 6.29 Å². The molecule has 1 aromatic rings. The van der Waals surface area contributed by atoms with Crippen LogP contribution in [0.5, 0.6) is 0 Å². The van der Waals surface area contributed by atoms with Crippen molar-refractivity contribution in [2.75, 3.05) is 0 Å². The Morgan fingerprint density at radius 3 is 2.71 bits per heavy atom. The molecular formula is C6H4N2O4S2. The van der Waals surface area contributed by atoms with Crippen molar-refractivity contribution in [3.8, 4) is 6.07 Å². The van der Waals surface area contributed by atoms with Gasteiger partial charge in [0.25, 0.3) is 0 Å². The first kappa shape index (κ1) is 10.8. The number of carbonyl (C=O) groups is 1. The van der Waals surface area contributed by atoms with Crippen molar-refractivity contribution in [2.24, 2.45) is 5.90 Å². The zero-order valence-electron chi connectivity index (χ0n) is 6.63. The van der Waals surface area contributed by atoms with Gasteiger partial charge < -0.3 is 0 Å². The van der Waals surface area contributed by atoms with E-state index in [2.05, 4.69) is 10.2 Å². The van der Waals surface area contributed by atoms with Gasteiger partial charge in [-0.3, -0.25) is 4.79 Å². The van der Waals surface area contributed by atoms with E-state index in [0.29, 0.717) is 6.29 Å². The topological polar surface area (TPSA) is 110 Å². The first-order valence-electron chi connectivity index (χ1n) is 3.17. The molecule has 0 bridgehead atoms. The molecule has 0 atom stereocenters. The molecule has 0 saturated heterocycles. The summed E-state index contributed by atoms with van der Waals surface area (Å²) in [6.45, 7) is 0. The van der Waals surface area contributed by atoms with E-state index in [9.17, 15) is 13.2 Å². The van der Waals surface area contributed by atoms with Gasteiger partial charge in [0, 0.05) is 5.38 Å². The van der Waals surface area contributed by atoms with Gasteiger partial charge in [-0.05, 0) is 0 Å². The molecule has 0 aromatic carbocycles. The molecule has 1 rings (SSSR count). The van der Waals surface area contributed by atoms with Crippen molar-refractivity contribution >= 4 is 27.7 Å². The molecule has 6 nitrogen and oxygen atoms in total. The Balaban J connectivity index is 3.54. The zero-order chi connectivity index (χ0) is 10.8. The molecule has 0 saturated carbocycles. The minimum absolute atomic E-state index is 0.105. The van der Waals surface area contributed by atoms with E-state index in [4.69, 9.17) is 5.26 Å². The molecule has 0 spiro atoms. The highest BCUT2D eigenvalue weighted by Gasteiger charge is 2.25. The fraction of sp³-hybridized carbons (Fsp3) is 0. The number of aldehydes is 1. The molecule has 0 fully saturated rings. The van der Waals surface area contributed by atoms with Gasteiger partial charge in [0.2, 0.25) is 0 Å². The summed E-state index contributed by atoms with van der Waals surface area (Å²) in [5.74, 6) is 4.54. The van der Waals surface area contributed by atoms with Crippen LogP contribution in [0.15, 0.2) is 10.3 Å². The van der Waals surface area contributed by atoms with Crippen LogP contribution in [-0.2, 0) is 14.4 Å². The second-order valence-electron chi connectivity index (χ2n) is 2.12. The third-order valence-corrected chi connectivity index (χ3v) is 3.61. The third-order valence-electron chi connectivity index (χ3n) is 1.38. The average Bonchev–Trinajstić information content (AvgIpc) is 2.61. The van der Waals surface area contributed by atoms with Gasteiger partial charge in [0.05, 0.1) is 10.4 Å². The van der Waals surface area contributed by atoms with Crippen molar-refractivity contribution < 1.29 is 17.5 Å². The Morgan fingerprint density at radius 1 is 1.64 bits per heavy atom. The summed E-state index contributed by atoms with van der Waals surface area (Å²) < 4.78 is 26.1. The summed E-state index contributed by atoms with van der Waals surface area (Å²) >= 11 is 0.838. The largest absolute Gasteiger partial charge is 0.315 e. The minimum atomic E-state index is -4.21. The van der Waals surface area contributed by atoms with Crippen LogP contribution >= 0.6 is 11.3 Å². The fourth-order valence-electron chi connectivity index (χ4n) is 0.827. The monoisotopic (exact) mass is 232 g/mol. The maximum absolute atomic E-state index is 11.2. The minimum Gasteiger partial charge on any atom is -0.297 e. The maximum atomic E-state index is 11.2. The molecule has 74 valence electrons. The SMILES string of the molecule is N#Cc1csc(C=O)c1S(=O)(=O)ON. The van der Waals surface area contributed by atoms with E-state index >= 15 is 0 Å². The third kappa shape index (κ3) is 1.66. The lowest BCUT2D eigenvalue weighted by Crippen LogP contribution is -2.13. The Hall–Kier alpha value is -1.27. The van der Waals surface area contributed by atoms with Crippen LogP contribution in [-0.4, -0.2) is 14.7 Å². The summed E-state index contributed by atoms with van der Waals surface area (Å²) in [5.41, 5.74) is -0.150. The quantitative estimate of drug-likeness (QED) is 0.580. The van der Waals surface area contributed by atoms with Crippen LogP contribution in [0.2, 0.25) is 0 Å². The number of nitriles is 1. The van der Waals surface area contributed by atoms with Gasteiger partial charge in [-0.15, -0.1) is 11.3 Å². The molecular weight excluding hydrogens is 228 g/mol. The standard InChI is InChI=1S/C6H4N2O4S2/c7-1-4-3-13-5(2-9)6(4)14(10,11)12-8/h2-3H,8H2. The molecule has 2 N–H and O–H groups in total. The van der Waals surface area contributed by atoms with E-state index in [0.717, 1.165) is 11.3 Å². The summed E-state index contributed by atoms with van der Waals surface area (Å²) in [7, 11) is -4.21. The van der Waals surface area contributed by atoms with Crippen LogP contribution in [0.4, 0.5) is 0 Å². The molecule has 0 radical (unpaired) electrons. The van der Waals surface area contributed by atoms with E-state index < -0.39 is 15.0 Å². The van der Waals surface area contributed by atoms with Crippen molar-refractivity contribution in [2.45, 2.75) is 4.90 Å². The van der Waals surface area contributed by atoms with E-state index in [-0.39, 0.29) is 10.4 Å². The van der Waals surface area contributed by atoms with E-state index in [1.807, 2.05) is 0 Å². The molecule has 0 aliphatic rings. The Morgan fingerprint density at radius 2 is 2.29 bits per heavy atom. The fourth-order valence-corrected chi connectivity index (χ4v) is 2.80. The molecule has 0 unspecified atom stereocenters. The Bertz CT molecular complexity index is 496. The second kappa shape index (κ2) is 3.85. The molecule has 14 heavy (non-hydrogen) atoms. The second-order valence-corrected chi connectivity index (χ2v) is 4.54. The van der Waals surface area contributed by atoms with Crippen molar-refractivity contribution in [3.63, 3.8) is 0 Å². The van der Waals surface area contributed by atoms with Crippen LogP contribution < -0.4 is 5.90 Å². The van der Waals surface area contributed by atoms with Gasteiger partial charge >= 0.3 is 10.1 Å². The summed E-state index contributed by atoms with van der Waals surface area (Å²) in [4.78, 5) is 9.88. The van der Waals surface area contributed by atoms with Crippen LogP contribution in [0, 0.1) is 11.3 Å². The van der Waals surface area contributed by atoms with Gasteiger partial charge in [-0.1, -0.05) is 0 Å². The highest BCUT2D eigenvalue weighted by Crippen LogP contribution is 2.26. The average molecular weight is 232 g/mol. The highest BCUT2D eigenvalue weighted by atomic mass is 32.2. The lowest BCUT2D eigenvalue weighted by molar-refractivity contribution is 0.112. The summed E-state index contributed by atoms with van der Waals surface area (Å²) in [6.07, 6.45) is 0.331. The van der Waals surface area contributed by atoms with Crippen molar-refractivity contribution in [1.29, 1.82) is 5.26 Å². The maximum Gasteiger partial charge on any atom is 0.315 e. The van der Waals surface area contributed by atoms with Crippen LogP contribution in [0.3, 0.4) is 0 Å². The lowest BCUT2D eigenvalue weighted by atomic mass is 10.3. The number of hydrogen-bond acceptors (Lipinski definition) is 7. The first-order valence-corrected chi connectivity index (χ1v) is 5.45. The first-order chi connectivity index (χ1) is 6.56. The highest BCUT2D eigenvalue weighted by molar-refractivity contribution is 7.87. The smallest absolute Gasteiger partial charge is 0.297 e. The Kier molecular flexibility index (Phi) is 2.97. The number of hydrogen-bond donors (Lipinski definition) is 1. The number of nitrogens with two attached hydrogens (primary N) is 1. The molecule has 1 heterocycles. The van der Waals surface area contributed by atoms with Gasteiger partial charge in [-0.2, -0.15) is 23.9 Å². The van der Waals surface area contributed by atoms with Gasteiger partial charge in [0.1, 0.15) is 11.0 Å². The molecule has 0 aliphatic carbocycles.